The number of benzene rings is 1. The zero-order chi connectivity index (χ0) is 18.0. The topological polar surface area (TPSA) is 71.5 Å². The number of hydrogen-bond donors (Lipinski definition) is 1. The van der Waals surface area contributed by atoms with Crippen LogP contribution in [0.2, 0.25) is 0 Å². The van der Waals surface area contributed by atoms with E-state index in [4.69, 9.17) is 4.74 Å². The Balaban J connectivity index is 1.90. The van der Waals surface area contributed by atoms with E-state index in [2.05, 4.69) is 10.3 Å². The van der Waals surface area contributed by atoms with Crippen LogP contribution in [-0.4, -0.2) is 41.5 Å². The summed E-state index contributed by atoms with van der Waals surface area (Å²) < 4.78 is 19.7. The van der Waals surface area contributed by atoms with Crippen LogP contribution in [-0.2, 0) is 14.3 Å². The van der Waals surface area contributed by atoms with Gasteiger partial charge in [-0.3, -0.25) is 9.59 Å². The van der Waals surface area contributed by atoms with Gasteiger partial charge in [0.25, 0.3) is 5.91 Å². The minimum atomic E-state index is -1.04. The molecular formula is C18H18FN3O3. The fourth-order valence-electron chi connectivity index (χ4n) is 2.82. The molecule has 130 valence electrons. The summed E-state index contributed by atoms with van der Waals surface area (Å²) >= 11 is 0. The van der Waals surface area contributed by atoms with Crippen molar-refractivity contribution in [3.8, 4) is 0 Å². The van der Waals surface area contributed by atoms with E-state index in [1.807, 2.05) is 6.92 Å². The van der Waals surface area contributed by atoms with Gasteiger partial charge in [-0.25, -0.2) is 9.37 Å². The number of ether oxygens (including phenoxy) is 1. The number of aromatic nitrogens is 1. The van der Waals surface area contributed by atoms with E-state index in [0.29, 0.717) is 5.82 Å². The number of pyridine rings is 1. The van der Waals surface area contributed by atoms with Crippen LogP contribution in [0.25, 0.3) is 0 Å². The lowest BCUT2D eigenvalue weighted by Crippen LogP contribution is -2.51. The van der Waals surface area contributed by atoms with Crippen molar-refractivity contribution in [2.75, 3.05) is 19.0 Å². The first-order valence-corrected chi connectivity index (χ1v) is 7.82. The third kappa shape index (κ3) is 3.51. The summed E-state index contributed by atoms with van der Waals surface area (Å²) in [4.78, 5) is 30.1. The second-order valence-electron chi connectivity index (χ2n) is 5.91. The van der Waals surface area contributed by atoms with Gasteiger partial charge in [0.05, 0.1) is 6.04 Å². The second-order valence-corrected chi connectivity index (χ2v) is 5.91. The standard InChI is InChI=1S/C18H18FN3O3/c1-11-7-8-20-14(9-11)21-18(24)17-16(22(2)15(23)10-25-17)12-5-3-4-6-13(12)19/h3-9,16-17H,10H2,1-2H3,(H,20,21,24)/t16-,17-/m1/s1. The normalized spacial score (nSPS) is 20.4. The minimum absolute atomic E-state index is 0.232. The van der Waals surface area contributed by atoms with Gasteiger partial charge >= 0.3 is 0 Å². The van der Waals surface area contributed by atoms with Gasteiger partial charge in [0.2, 0.25) is 5.91 Å². The predicted molar refractivity (Wildman–Crippen MR) is 89.3 cm³/mol. The number of nitrogens with one attached hydrogen (secondary N) is 1. The molecular weight excluding hydrogens is 325 g/mol. The SMILES string of the molecule is Cc1ccnc(NC(=O)[C@@H]2OCC(=O)N(C)[C@@H]2c2ccccc2F)c1. The molecule has 0 radical (unpaired) electrons. The van der Waals surface area contributed by atoms with Gasteiger partial charge in [-0.1, -0.05) is 18.2 Å². The quantitative estimate of drug-likeness (QED) is 0.926. The van der Waals surface area contributed by atoms with Crippen molar-refractivity contribution in [2.24, 2.45) is 0 Å². The third-order valence-corrected chi connectivity index (χ3v) is 4.13. The van der Waals surface area contributed by atoms with E-state index in [1.165, 1.54) is 18.0 Å². The molecule has 0 bridgehead atoms. The maximum absolute atomic E-state index is 14.3. The van der Waals surface area contributed by atoms with Gasteiger partial charge in [0.1, 0.15) is 18.2 Å². The highest BCUT2D eigenvalue weighted by Crippen LogP contribution is 2.31. The molecule has 0 aliphatic carbocycles. The molecule has 1 aromatic carbocycles. The number of nitrogens with zero attached hydrogens (tertiary/aromatic N) is 2. The van der Waals surface area contributed by atoms with Crippen LogP contribution in [0.5, 0.6) is 0 Å². The molecule has 0 unspecified atom stereocenters. The van der Waals surface area contributed by atoms with E-state index in [9.17, 15) is 14.0 Å². The van der Waals surface area contributed by atoms with Gasteiger partial charge in [0.15, 0.2) is 6.10 Å². The van der Waals surface area contributed by atoms with Crippen molar-refractivity contribution in [3.05, 3.63) is 59.5 Å². The van der Waals surface area contributed by atoms with Gasteiger partial charge in [0, 0.05) is 18.8 Å². The van der Waals surface area contributed by atoms with E-state index in [1.54, 1.807) is 36.5 Å². The van der Waals surface area contributed by atoms with Crippen molar-refractivity contribution >= 4 is 17.6 Å². The Morgan fingerprint density at radius 2 is 2.12 bits per heavy atom. The molecule has 2 atom stereocenters. The number of likely N-dealkylation sites (N-methyl/N-ethyl adjacent to an activating group) is 1. The monoisotopic (exact) mass is 343 g/mol. The third-order valence-electron chi connectivity index (χ3n) is 4.13. The lowest BCUT2D eigenvalue weighted by molar-refractivity contribution is -0.160. The van der Waals surface area contributed by atoms with Gasteiger partial charge < -0.3 is 15.0 Å². The Morgan fingerprint density at radius 3 is 2.84 bits per heavy atom. The predicted octanol–water partition coefficient (Wildman–Crippen LogP) is 2.07. The Hall–Kier alpha value is -2.80. The molecule has 0 saturated carbocycles. The van der Waals surface area contributed by atoms with Crippen LogP contribution in [0.4, 0.5) is 10.2 Å². The highest BCUT2D eigenvalue weighted by molar-refractivity contribution is 5.95. The minimum Gasteiger partial charge on any atom is -0.356 e. The maximum Gasteiger partial charge on any atom is 0.257 e. The van der Waals surface area contributed by atoms with Crippen LogP contribution in [0.15, 0.2) is 42.6 Å². The number of amides is 2. The molecule has 1 fully saturated rings. The number of aryl methyl sites for hydroxylation is 1. The van der Waals surface area contributed by atoms with Gasteiger partial charge in [-0.15, -0.1) is 0 Å². The van der Waals surface area contributed by atoms with Crippen LogP contribution in [0.1, 0.15) is 17.2 Å². The number of rotatable bonds is 3. The maximum atomic E-state index is 14.3. The van der Waals surface area contributed by atoms with Crippen LogP contribution in [0, 0.1) is 12.7 Å². The zero-order valence-corrected chi connectivity index (χ0v) is 13.9. The molecule has 6 nitrogen and oxygen atoms in total. The number of carbonyl (C=O) groups excluding carboxylic acids is 2. The van der Waals surface area contributed by atoms with E-state index in [-0.39, 0.29) is 18.1 Å². The lowest BCUT2D eigenvalue weighted by Gasteiger charge is -2.38. The summed E-state index contributed by atoms with van der Waals surface area (Å²) in [5.74, 6) is -0.916. The molecule has 1 aliphatic heterocycles. The van der Waals surface area contributed by atoms with E-state index in [0.717, 1.165) is 5.56 Å². The molecule has 7 heteroatoms. The summed E-state index contributed by atoms with van der Waals surface area (Å²) in [5, 5.41) is 2.67. The van der Waals surface area contributed by atoms with E-state index >= 15 is 0 Å². The first-order chi connectivity index (χ1) is 12.0. The Labute approximate surface area is 144 Å². The van der Waals surface area contributed by atoms with Crippen molar-refractivity contribution < 1.29 is 18.7 Å². The average Bonchev–Trinajstić information content (AvgIpc) is 2.58. The van der Waals surface area contributed by atoms with Crippen molar-refractivity contribution in [3.63, 3.8) is 0 Å². The molecule has 2 aromatic rings. The Bertz CT molecular complexity index is 812. The van der Waals surface area contributed by atoms with Crippen LogP contribution >= 0.6 is 0 Å². The fourth-order valence-corrected chi connectivity index (χ4v) is 2.82. The highest BCUT2D eigenvalue weighted by Gasteiger charge is 2.41. The first kappa shape index (κ1) is 17.0. The Morgan fingerprint density at radius 1 is 1.36 bits per heavy atom. The van der Waals surface area contributed by atoms with E-state index < -0.39 is 23.9 Å². The van der Waals surface area contributed by atoms with Crippen molar-refractivity contribution in [2.45, 2.75) is 19.1 Å². The highest BCUT2D eigenvalue weighted by atomic mass is 19.1. The Kier molecular flexibility index (Phi) is 4.76. The molecule has 1 saturated heterocycles. The van der Waals surface area contributed by atoms with Gasteiger partial charge in [-0.05, 0) is 30.7 Å². The molecule has 3 rings (SSSR count). The zero-order valence-electron chi connectivity index (χ0n) is 13.9. The molecule has 1 aromatic heterocycles. The van der Waals surface area contributed by atoms with Gasteiger partial charge in [-0.2, -0.15) is 0 Å². The lowest BCUT2D eigenvalue weighted by atomic mass is 9.97. The summed E-state index contributed by atoms with van der Waals surface area (Å²) in [6.45, 7) is 1.64. The second kappa shape index (κ2) is 6.98. The fraction of sp³-hybridized carbons (Fsp3) is 0.278. The largest absolute Gasteiger partial charge is 0.356 e. The molecule has 0 spiro atoms. The molecule has 25 heavy (non-hydrogen) atoms. The average molecular weight is 343 g/mol. The van der Waals surface area contributed by atoms with Crippen molar-refractivity contribution in [1.82, 2.24) is 9.88 Å². The molecule has 2 heterocycles. The summed E-state index contributed by atoms with van der Waals surface area (Å²) in [5.41, 5.74) is 1.17. The number of hydrogen-bond acceptors (Lipinski definition) is 4. The number of carbonyl (C=O) groups is 2. The van der Waals surface area contributed by atoms with Crippen LogP contribution < -0.4 is 5.32 Å². The molecule has 1 N–H and O–H groups in total. The summed E-state index contributed by atoms with van der Waals surface area (Å²) in [6.07, 6.45) is 0.540. The smallest absolute Gasteiger partial charge is 0.257 e. The molecule has 1 aliphatic rings. The summed E-state index contributed by atoms with van der Waals surface area (Å²) in [6, 6.07) is 8.71. The van der Waals surface area contributed by atoms with Crippen LogP contribution in [0.3, 0.4) is 0 Å². The summed E-state index contributed by atoms with van der Waals surface area (Å²) in [7, 11) is 1.53. The number of morpholine rings is 1. The molecule has 2 amide bonds. The first-order valence-electron chi connectivity index (χ1n) is 7.82. The number of halogens is 1. The number of anilines is 1. The van der Waals surface area contributed by atoms with Crippen molar-refractivity contribution in [1.29, 1.82) is 0 Å².